The minimum absolute atomic E-state index is 0.107. The molecule has 1 fully saturated rings. The summed E-state index contributed by atoms with van der Waals surface area (Å²) in [7, 11) is 1.66. The minimum Gasteiger partial charge on any atom is -0.396 e. The van der Waals surface area contributed by atoms with Crippen molar-refractivity contribution in [3.63, 3.8) is 0 Å². The molecule has 0 aromatic carbocycles. The summed E-state index contributed by atoms with van der Waals surface area (Å²) in [4.78, 5) is 0. The number of aliphatic hydroxyl groups is 1. The highest BCUT2D eigenvalue weighted by molar-refractivity contribution is 4.93. The molecule has 2 unspecified atom stereocenters. The fourth-order valence-electron chi connectivity index (χ4n) is 2.03. The first-order valence-electron chi connectivity index (χ1n) is 5.24. The van der Waals surface area contributed by atoms with Gasteiger partial charge in [-0.1, -0.05) is 0 Å². The fourth-order valence-corrected chi connectivity index (χ4v) is 2.03. The largest absolute Gasteiger partial charge is 0.396 e. The number of nitrogens with two attached hydrogens (primary N) is 1. The highest BCUT2D eigenvalue weighted by Crippen LogP contribution is 2.29. The van der Waals surface area contributed by atoms with Crippen molar-refractivity contribution in [2.24, 2.45) is 5.73 Å². The Balaban J connectivity index is 2.58. The number of aliphatic hydroxyl groups excluding tert-OH is 1. The van der Waals surface area contributed by atoms with Gasteiger partial charge >= 0.3 is 0 Å². The van der Waals surface area contributed by atoms with Crippen LogP contribution in [0.5, 0.6) is 0 Å². The Labute approximate surface area is 85.4 Å². The van der Waals surface area contributed by atoms with Gasteiger partial charge < -0.3 is 20.3 Å². The van der Waals surface area contributed by atoms with Crippen molar-refractivity contribution in [3.05, 3.63) is 0 Å². The van der Waals surface area contributed by atoms with Crippen LogP contribution in [0.1, 0.15) is 25.7 Å². The van der Waals surface area contributed by atoms with Crippen LogP contribution in [0, 0.1) is 0 Å². The Hall–Kier alpha value is -0.160. The van der Waals surface area contributed by atoms with Gasteiger partial charge in [-0.3, -0.25) is 0 Å². The molecule has 4 nitrogen and oxygen atoms in total. The van der Waals surface area contributed by atoms with E-state index in [9.17, 15) is 0 Å². The van der Waals surface area contributed by atoms with E-state index < -0.39 is 0 Å². The quantitative estimate of drug-likeness (QED) is 0.673. The standard InChI is InChI=1S/C10H21NO3/c1-13-8-10(9(11)4-6-12)5-2-3-7-14-10/h9,12H,2-8,11H2,1H3. The topological polar surface area (TPSA) is 64.7 Å². The van der Waals surface area contributed by atoms with Gasteiger partial charge in [0.05, 0.1) is 6.61 Å². The summed E-state index contributed by atoms with van der Waals surface area (Å²) < 4.78 is 10.9. The zero-order valence-corrected chi connectivity index (χ0v) is 8.87. The molecule has 1 aliphatic heterocycles. The zero-order valence-electron chi connectivity index (χ0n) is 8.87. The predicted molar refractivity (Wildman–Crippen MR) is 54.1 cm³/mol. The first kappa shape index (κ1) is 11.9. The van der Waals surface area contributed by atoms with E-state index in [0.29, 0.717) is 13.0 Å². The van der Waals surface area contributed by atoms with Crippen molar-refractivity contribution in [2.75, 3.05) is 26.9 Å². The van der Waals surface area contributed by atoms with Crippen LogP contribution >= 0.6 is 0 Å². The van der Waals surface area contributed by atoms with E-state index in [4.69, 9.17) is 20.3 Å². The third kappa shape index (κ3) is 2.67. The lowest BCUT2D eigenvalue weighted by molar-refractivity contribution is -0.131. The highest BCUT2D eigenvalue weighted by Gasteiger charge is 2.39. The summed E-state index contributed by atoms with van der Waals surface area (Å²) in [5.74, 6) is 0. The second-order valence-corrected chi connectivity index (χ2v) is 3.92. The summed E-state index contributed by atoms with van der Waals surface area (Å²) >= 11 is 0. The van der Waals surface area contributed by atoms with Gasteiger partial charge in [-0.2, -0.15) is 0 Å². The number of hydrogen-bond acceptors (Lipinski definition) is 4. The molecule has 0 aromatic heterocycles. The third-order valence-corrected chi connectivity index (χ3v) is 2.89. The highest BCUT2D eigenvalue weighted by atomic mass is 16.5. The van der Waals surface area contributed by atoms with Crippen LogP contribution in [0.2, 0.25) is 0 Å². The third-order valence-electron chi connectivity index (χ3n) is 2.89. The molecule has 14 heavy (non-hydrogen) atoms. The molecule has 3 N–H and O–H groups in total. The van der Waals surface area contributed by atoms with E-state index >= 15 is 0 Å². The molecule has 1 saturated heterocycles. The van der Waals surface area contributed by atoms with Crippen LogP contribution in [0.15, 0.2) is 0 Å². The lowest BCUT2D eigenvalue weighted by atomic mass is 9.86. The van der Waals surface area contributed by atoms with Crippen LogP contribution in [-0.2, 0) is 9.47 Å². The molecule has 4 heteroatoms. The molecule has 0 spiro atoms. The Kier molecular flexibility index (Phi) is 4.81. The van der Waals surface area contributed by atoms with Gasteiger partial charge in [0.2, 0.25) is 0 Å². The van der Waals surface area contributed by atoms with Crippen molar-refractivity contribution in [3.8, 4) is 0 Å². The Bertz CT molecular complexity index is 152. The summed E-state index contributed by atoms with van der Waals surface area (Å²) in [6.07, 6.45) is 3.73. The Morgan fingerprint density at radius 3 is 2.86 bits per heavy atom. The second-order valence-electron chi connectivity index (χ2n) is 3.92. The fraction of sp³-hybridized carbons (Fsp3) is 1.00. The maximum Gasteiger partial charge on any atom is 0.106 e. The Morgan fingerprint density at radius 1 is 1.57 bits per heavy atom. The van der Waals surface area contributed by atoms with Crippen LogP contribution in [0.3, 0.4) is 0 Å². The van der Waals surface area contributed by atoms with E-state index in [1.807, 2.05) is 0 Å². The van der Waals surface area contributed by atoms with Crippen molar-refractivity contribution in [1.29, 1.82) is 0 Å². The predicted octanol–water partition coefficient (Wildman–Crippen LogP) is 0.282. The molecule has 0 saturated carbocycles. The molecule has 0 radical (unpaired) electrons. The molecule has 1 rings (SSSR count). The molecule has 0 aromatic rings. The van der Waals surface area contributed by atoms with E-state index in [1.54, 1.807) is 7.11 Å². The van der Waals surface area contributed by atoms with E-state index in [0.717, 1.165) is 25.9 Å². The first-order valence-corrected chi connectivity index (χ1v) is 5.24. The molecule has 84 valence electrons. The van der Waals surface area contributed by atoms with E-state index in [1.165, 1.54) is 0 Å². The van der Waals surface area contributed by atoms with Gasteiger partial charge in [-0.15, -0.1) is 0 Å². The first-order chi connectivity index (χ1) is 6.75. The number of rotatable bonds is 5. The van der Waals surface area contributed by atoms with Crippen LogP contribution < -0.4 is 5.73 Å². The molecule has 0 bridgehead atoms. The molecular formula is C10H21NO3. The van der Waals surface area contributed by atoms with Crippen LogP contribution in [0.4, 0.5) is 0 Å². The van der Waals surface area contributed by atoms with Crippen molar-refractivity contribution < 1.29 is 14.6 Å². The van der Waals surface area contributed by atoms with Gasteiger partial charge in [0, 0.05) is 26.4 Å². The van der Waals surface area contributed by atoms with Crippen molar-refractivity contribution in [2.45, 2.75) is 37.3 Å². The maximum absolute atomic E-state index is 8.87. The van der Waals surface area contributed by atoms with Crippen LogP contribution in [-0.4, -0.2) is 43.7 Å². The van der Waals surface area contributed by atoms with Gasteiger partial charge in [0.1, 0.15) is 5.60 Å². The molecule has 1 heterocycles. The average molecular weight is 203 g/mol. The normalized spacial score (nSPS) is 30.2. The van der Waals surface area contributed by atoms with E-state index in [2.05, 4.69) is 0 Å². The summed E-state index contributed by atoms with van der Waals surface area (Å²) in [6, 6.07) is -0.132. The minimum atomic E-state index is -0.365. The van der Waals surface area contributed by atoms with Gasteiger partial charge in [0.25, 0.3) is 0 Å². The van der Waals surface area contributed by atoms with Crippen molar-refractivity contribution in [1.82, 2.24) is 0 Å². The molecular weight excluding hydrogens is 182 g/mol. The molecule has 1 aliphatic rings. The number of methoxy groups -OCH3 is 1. The van der Waals surface area contributed by atoms with E-state index in [-0.39, 0.29) is 18.2 Å². The van der Waals surface area contributed by atoms with Gasteiger partial charge in [-0.25, -0.2) is 0 Å². The lowest BCUT2D eigenvalue weighted by Crippen LogP contribution is -2.55. The van der Waals surface area contributed by atoms with Gasteiger partial charge in [0.15, 0.2) is 0 Å². The number of hydrogen-bond donors (Lipinski definition) is 2. The smallest absolute Gasteiger partial charge is 0.106 e. The molecule has 0 amide bonds. The molecule has 0 aliphatic carbocycles. The summed E-state index contributed by atoms with van der Waals surface area (Å²) in [6.45, 7) is 1.38. The summed E-state index contributed by atoms with van der Waals surface area (Å²) in [5.41, 5.74) is 5.65. The maximum atomic E-state index is 8.87. The monoisotopic (exact) mass is 203 g/mol. The SMILES string of the molecule is COCC1(C(N)CCO)CCCCO1. The van der Waals surface area contributed by atoms with Crippen LogP contribution in [0.25, 0.3) is 0 Å². The van der Waals surface area contributed by atoms with Crippen molar-refractivity contribution >= 4 is 0 Å². The lowest BCUT2D eigenvalue weighted by Gasteiger charge is -2.41. The zero-order chi connectivity index (χ0) is 10.4. The Morgan fingerprint density at radius 2 is 2.36 bits per heavy atom. The average Bonchev–Trinajstić information content (AvgIpc) is 2.20. The number of ether oxygens (including phenoxy) is 2. The van der Waals surface area contributed by atoms with Gasteiger partial charge in [-0.05, 0) is 25.7 Å². The molecule has 2 atom stereocenters. The second kappa shape index (κ2) is 5.66. The summed E-state index contributed by atoms with van der Waals surface area (Å²) in [5, 5.41) is 8.87.